The van der Waals surface area contributed by atoms with Crippen LogP contribution in [-0.4, -0.2) is 15.7 Å². The monoisotopic (exact) mass is 296 g/mol. The highest BCUT2D eigenvalue weighted by Crippen LogP contribution is 2.22. The van der Waals surface area contributed by atoms with E-state index in [1.54, 1.807) is 6.08 Å². The summed E-state index contributed by atoms with van der Waals surface area (Å²) >= 11 is 1.45. The van der Waals surface area contributed by atoms with Gasteiger partial charge in [0.25, 0.3) is 0 Å². The molecule has 1 heterocycles. The van der Waals surface area contributed by atoms with Crippen LogP contribution >= 0.6 is 11.8 Å². The zero-order valence-electron chi connectivity index (χ0n) is 11.8. The molecule has 21 heavy (non-hydrogen) atoms. The first-order valence-electron chi connectivity index (χ1n) is 6.49. The van der Waals surface area contributed by atoms with Gasteiger partial charge in [-0.15, -0.1) is 6.58 Å². The van der Waals surface area contributed by atoms with Gasteiger partial charge in [0.05, 0.1) is 5.69 Å². The van der Waals surface area contributed by atoms with Crippen LogP contribution in [0.5, 0.6) is 0 Å². The average Bonchev–Trinajstić information content (AvgIpc) is 2.45. The van der Waals surface area contributed by atoms with Crippen LogP contribution in [0.4, 0.5) is 5.82 Å². The zero-order valence-corrected chi connectivity index (χ0v) is 12.7. The van der Waals surface area contributed by atoms with Crippen molar-refractivity contribution in [2.24, 2.45) is 0 Å². The quantitative estimate of drug-likeness (QED) is 0.521. The average molecular weight is 296 g/mol. The molecule has 4 nitrogen and oxygen atoms in total. The number of rotatable bonds is 5. The number of aromatic nitrogens is 2. The smallest absolute Gasteiger partial charge is 0.190 e. The summed E-state index contributed by atoms with van der Waals surface area (Å²) in [6.45, 7) is 5.71. The van der Waals surface area contributed by atoms with Gasteiger partial charge in [0.2, 0.25) is 0 Å². The predicted molar refractivity (Wildman–Crippen MR) is 86.1 cm³/mol. The molecule has 0 atom stereocenters. The van der Waals surface area contributed by atoms with Crippen molar-refractivity contribution >= 4 is 17.6 Å². The molecular weight excluding hydrogens is 280 g/mol. The number of aryl methyl sites for hydroxylation is 1. The second-order valence-corrected chi connectivity index (χ2v) is 5.58. The normalized spacial score (nSPS) is 10.1. The Bertz CT molecular complexity index is 704. The van der Waals surface area contributed by atoms with Gasteiger partial charge in [-0.05, 0) is 12.5 Å². The second-order valence-electron chi connectivity index (χ2n) is 4.59. The highest BCUT2D eigenvalue weighted by molar-refractivity contribution is 7.99. The maximum absolute atomic E-state index is 9.27. The third kappa shape index (κ3) is 3.83. The Morgan fingerprint density at radius 1 is 1.43 bits per heavy atom. The third-order valence-corrected chi connectivity index (χ3v) is 3.73. The molecule has 1 aromatic heterocycles. The topological polar surface area (TPSA) is 75.6 Å². The number of nitriles is 1. The van der Waals surface area contributed by atoms with Crippen LogP contribution in [-0.2, 0) is 6.42 Å². The summed E-state index contributed by atoms with van der Waals surface area (Å²) in [7, 11) is 0. The molecule has 106 valence electrons. The molecule has 0 amide bonds. The van der Waals surface area contributed by atoms with Gasteiger partial charge >= 0.3 is 0 Å². The Morgan fingerprint density at radius 3 is 2.90 bits per heavy atom. The van der Waals surface area contributed by atoms with Crippen LogP contribution in [0.25, 0.3) is 0 Å². The van der Waals surface area contributed by atoms with E-state index in [2.05, 4.69) is 28.7 Å². The number of nitrogens with two attached hydrogens (primary N) is 1. The SMILES string of the molecule is C=CCSc1nc(N)c(C#N)c(Cc2cccc(C)c2)n1. The lowest BCUT2D eigenvalue weighted by atomic mass is 10.0. The molecule has 1 aromatic carbocycles. The van der Waals surface area contributed by atoms with Gasteiger partial charge in [-0.25, -0.2) is 9.97 Å². The van der Waals surface area contributed by atoms with E-state index in [1.165, 1.54) is 17.3 Å². The van der Waals surface area contributed by atoms with Gasteiger partial charge in [-0.2, -0.15) is 5.26 Å². The first-order valence-corrected chi connectivity index (χ1v) is 7.48. The van der Waals surface area contributed by atoms with Crippen LogP contribution in [0.3, 0.4) is 0 Å². The summed E-state index contributed by atoms with van der Waals surface area (Å²) in [6.07, 6.45) is 2.35. The molecule has 2 N–H and O–H groups in total. The largest absolute Gasteiger partial charge is 0.382 e. The number of hydrogen-bond acceptors (Lipinski definition) is 5. The molecular formula is C16H16N4S. The number of nitrogens with zero attached hydrogens (tertiary/aromatic N) is 3. The molecule has 0 aliphatic rings. The number of thioether (sulfide) groups is 1. The zero-order chi connectivity index (χ0) is 15.2. The molecule has 0 unspecified atom stereocenters. The maximum Gasteiger partial charge on any atom is 0.190 e. The first-order chi connectivity index (χ1) is 10.1. The van der Waals surface area contributed by atoms with Gasteiger partial charge < -0.3 is 5.73 Å². The highest BCUT2D eigenvalue weighted by Gasteiger charge is 2.13. The Hall–Kier alpha value is -2.32. The molecule has 0 saturated carbocycles. The lowest BCUT2D eigenvalue weighted by molar-refractivity contribution is 0.903. The predicted octanol–water partition coefficient (Wildman–Crippen LogP) is 3.11. The van der Waals surface area contributed by atoms with Crippen molar-refractivity contribution in [3.05, 3.63) is 59.3 Å². The Kier molecular flexibility index (Phi) is 4.96. The molecule has 0 aliphatic carbocycles. The summed E-state index contributed by atoms with van der Waals surface area (Å²) < 4.78 is 0. The van der Waals surface area contributed by atoms with Gasteiger partial charge in [-0.1, -0.05) is 47.7 Å². The van der Waals surface area contributed by atoms with Crippen LogP contribution in [0.2, 0.25) is 0 Å². The minimum Gasteiger partial charge on any atom is -0.382 e. The van der Waals surface area contributed by atoms with Crippen molar-refractivity contribution in [3.8, 4) is 6.07 Å². The lowest BCUT2D eigenvalue weighted by Gasteiger charge is -2.08. The minimum atomic E-state index is 0.238. The van der Waals surface area contributed by atoms with E-state index in [1.807, 2.05) is 25.1 Å². The molecule has 0 radical (unpaired) electrons. The fourth-order valence-electron chi connectivity index (χ4n) is 1.97. The van der Waals surface area contributed by atoms with Crippen molar-refractivity contribution in [2.75, 3.05) is 11.5 Å². The van der Waals surface area contributed by atoms with E-state index < -0.39 is 0 Å². The first kappa shape index (κ1) is 15.1. The van der Waals surface area contributed by atoms with Gasteiger partial charge in [0.15, 0.2) is 5.16 Å². The molecule has 0 fully saturated rings. The van der Waals surface area contributed by atoms with Gasteiger partial charge in [0.1, 0.15) is 17.5 Å². The van der Waals surface area contributed by atoms with Crippen LogP contribution < -0.4 is 5.73 Å². The van der Waals surface area contributed by atoms with Crippen LogP contribution in [0.1, 0.15) is 22.4 Å². The van der Waals surface area contributed by atoms with E-state index >= 15 is 0 Å². The van der Waals surface area contributed by atoms with Crippen molar-refractivity contribution < 1.29 is 0 Å². The molecule has 0 bridgehead atoms. The van der Waals surface area contributed by atoms with Gasteiger partial charge in [-0.3, -0.25) is 0 Å². The Morgan fingerprint density at radius 2 is 2.24 bits per heavy atom. The van der Waals surface area contributed by atoms with E-state index in [0.717, 1.165) is 5.56 Å². The van der Waals surface area contributed by atoms with Crippen LogP contribution in [0, 0.1) is 18.3 Å². The molecule has 2 aromatic rings. The van der Waals surface area contributed by atoms with E-state index in [4.69, 9.17) is 5.73 Å². The highest BCUT2D eigenvalue weighted by atomic mass is 32.2. The van der Waals surface area contributed by atoms with Crippen LogP contribution in [0.15, 0.2) is 42.1 Å². The van der Waals surface area contributed by atoms with Crippen molar-refractivity contribution in [1.82, 2.24) is 9.97 Å². The summed E-state index contributed by atoms with van der Waals surface area (Å²) in [5, 5.41) is 9.84. The molecule has 0 spiro atoms. The van der Waals surface area contributed by atoms with E-state index in [-0.39, 0.29) is 5.82 Å². The molecule has 5 heteroatoms. The number of benzene rings is 1. The summed E-state index contributed by atoms with van der Waals surface area (Å²) in [6, 6.07) is 10.2. The van der Waals surface area contributed by atoms with Gasteiger partial charge in [0, 0.05) is 12.2 Å². The molecule has 2 rings (SSSR count). The molecule has 0 saturated heterocycles. The van der Waals surface area contributed by atoms with Crippen molar-refractivity contribution in [2.45, 2.75) is 18.5 Å². The number of anilines is 1. The second kappa shape index (κ2) is 6.91. The Balaban J connectivity index is 2.38. The minimum absolute atomic E-state index is 0.238. The molecule has 0 aliphatic heterocycles. The fourth-order valence-corrected chi connectivity index (χ4v) is 2.57. The standard InChI is InChI=1S/C16H16N4S/c1-3-7-21-16-19-14(13(10-17)15(18)20-16)9-12-6-4-5-11(2)8-12/h3-6,8H,1,7,9H2,2H3,(H2,18,19,20). The van der Waals surface area contributed by atoms with E-state index in [0.29, 0.717) is 28.6 Å². The lowest BCUT2D eigenvalue weighted by Crippen LogP contribution is -2.06. The summed E-state index contributed by atoms with van der Waals surface area (Å²) in [5.74, 6) is 0.941. The fraction of sp³-hybridized carbons (Fsp3) is 0.188. The van der Waals surface area contributed by atoms with E-state index in [9.17, 15) is 5.26 Å². The van der Waals surface area contributed by atoms with Crippen molar-refractivity contribution in [3.63, 3.8) is 0 Å². The number of hydrogen-bond donors (Lipinski definition) is 1. The number of nitrogen functional groups attached to an aromatic ring is 1. The maximum atomic E-state index is 9.27. The summed E-state index contributed by atoms with van der Waals surface area (Å²) in [4.78, 5) is 8.63. The Labute approximate surface area is 128 Å². The third-order valence-electron chi connectivity index (χ3n) is 2.89. The van der Waals surface area contributed by atoms with Crippen molar-refractivity contribution in [1.29, 1.82) is 5.26 Å². The summed E-state index contributed by atoms with van der Waals surface area (Å²) in [5.41, 5.74) is 9.18.